The largest absolute Gasteiger partial charge is 0.492 e. The molecule has 0 amide bonds. The highest BCUT2D eigenvalue weighted by Crippen LogP contribution is 2.24. The third-order valence-corrected chi connectivity index (χ3v) is 3.28. The molecular weight excluding hydrogens is 266 g/mol. The molecule has 0 saturated carbocycles. The van der Waals surface area contributed by atoms with Crippen LogP contribution in [0.4, 0.5) is 5.69 Å². The van der Waals surface area contributed by atoms with Crippen molar-refractivity contribution in [3.63, 3.8) is 0 Å². The summed E-state index contributed by atoms with van der Waals surface area (Å²) in [4.78, 5) is 11.0. The molecule has 0 bridgehead atoms. The molecule has 4 heteroatoms. The zero-order valence-electron chi connectivity index (χ0n) is 12.2. The molecule has 0 heterocycles. The van der Waals surface area contributed by atoms with E-state index in [0.29, 0.717) is 5.75 Å². The van der Waals surface area contributed by atoms with E-state index in [1.807, 2.05) is 48.5 Å². The summed E-state index contributed by atoms with van der Waals surface area (Å²) in [5.74, 6) is -0.218. The number of nitrogens with two attached hydrogens (primary N) is 1. The lowest BCUT2D eigenvalue weighted by Crippen LogP contribution is -2.30. The highest BCUT2D eigenvalue weighted by molar-refractivity contribution is 5.73. The molecule has 0 aromatic heterocycles. The highest BCUT2D eigenvalue weighted by atomic mass is 16.5. The summed E-state index contributed by atoms with van der Waals surface area (Å²) in [5, 5.41) is 9.04. The van der Waals surface area contributed by atoms with Crippen molar-refractivity contribution in [3.05, 3.63) is 48.5 Å². The zero-order valence-corrected chi connectivity index (χ0v) is 12.2. The number of benzene rings is 2. The molecule has 0 aliphatic rings. The van der Waals surface area contributed by atoms with Crippen molar-refractivity contribution in [1.82, 2.24) is 0 Å². The average molecular weight is 285 g/mol. The van der Waals surface area contributed by atoms with Gasteiger partial charge in [0.15, 0.2) is 0 Å². The Morgan fingerprint density at radius 3 is 2.00 bits per heavy atom. The van der Waals surface area contributed by atoms with Crippen molar-refractivity contribution in [3.8, 4) is 16.9 Å². The van der Waals surface area contributed by atoms with Crippen LogP contribution in [-0.2, 0) is 4.79 Å². The Morgan fingerprint density at radius 2 is 1.52 bits per heavy atom. The molecule has 0 saturated heterocycles. The van der Waals surface area contributed by atoms with Crippen LogP contribution in [0.2, 0.25) is 0 Å². The van der Waals surface area contributed by atoms with E-state index in [2.05, 4.69) is 0 Å². The van der Waals surface area contributed by atoms with Gasteiger partial charge in [0.05, 0.1) is 5.41 Å². The lowest BCUT2D eigenvalue weighted by Gasteiger charge is -2.19. The van der Waals surface area contributed by atoms with Gasteiger partial charge in [-0.15, -0.1) is 0 Å². The lowest BCUT2D eigenvalue weighted by atomic mass is 9.95. The Balaban J connectivity index is 2.06. The Bertz CT molecular complexity index is 615. The van der Waals surface area contributed by atoms with E-state index in [1.165, 1.54) is 0 Å². The molecule has 3 N–H and O–H groups in total. The van der Waals surface area contributed by atoms with Crippen LogP contribution < -0.4 is 10.5 Å². The molecule has 2 rings (SSSR count). The van der Waals surface area contributed by atoms with Crippen LogP contribution >= 0.6 is 0 Å². The van der Waals surface area contributed by atoms with Gasteiger partial charge in [-0.25, -0.2) is 0 Å². The maximum Gasteiger partial charge on any atom is 0.312 e. The van der Waals surface area contributed by atoms with Crippen LogP contribution in [0, 0.1) is 5.41 Å². The van der Waals surface area contributed by atoms with Crippen LogP contribution in [0.25, 0.3) is 11.1 Å². The Kier molecular flexibility index (Phi) is 4.17. The molecule has 0 spiro atoms. The fourth-order valence-electron chi connectivity index (χ4n) is 1.74. The number of aliphatic carboxylic acids is 1. The molecule has 0 radical (unpaired) electrons. The van der Waals surface area contributed by atoms with Gasteiger partial charge >= 0.3 is 5.97 Å². The molecule has 0 fully saturated rings. The first-order chi connectivity index (χ1) is 9.88. The Morgan fingerprint density at radius 1 is 1.05 bits per heavy atom. The summed E-state index contributed by atoms with van der Waals surface area (Å²) in [6.45, 7) is 3.40. The summed E-state index contributed by atoms with van der Waals surface area (Å²) in [5.41, 5.74) is 7.62. The predicted octanol–water partition coefficient (Wildman–Crippen LogP) is 3.43. The standard InChI is InChI=1S/C17H19NO3/c1-17(2,16(19)20)11-21-15-9-5-13(6-10-15)12-3-7-14(18)8-4-12/h3-10H,11,18H2,1-2H3,(H,19,20). The van der Waals surface area contributed by atoms with E-state index in [1.54, 1.807) is 13.8 Å². The summed E-state index contributed by atoms with van der Waals surface area (Å²) in [7, 11) is 0. The van der Waals surface area contributed by atoms with Crippen LogP contribution in [0.3, 0.4) is 0 Å². The Hall–Kier alpha value is -2.49. The van der Waals surface area contributed by atoms with Crippen LogP contribution in [0.15, 0.2) is 48.5 Å². The number of hydrogen-bond acceptors (Lipinski definition) is 3. The van der Waals surface area contributed by atoms with E-state index in [0.717, 1.165) is 16.8 Å². The summed E-state index contributed by atoms with van der Waals surface area (Å²) in [6, 6.07) is 15.2. The summed E-state index contributed by atoms with van der Waals surface area (Å²) >= 11 is 0. The molecule has 0 aliphatic heterocycles. The lowest BCUT2D eigenvalue weighted by molar-refractivity contribution is -0.148. The Labute approximate surface area is 124 Å². The van der Waals surface area contributed by atoms with Gasteiger partial charge in [0, 0.05) is 5.69 Å². The van der Waals surface area contributed by atoms with E-state index in [4.69, 9.17) is 15.6 Å². The van der Waals surface area contributed by atoms with Gasteiger partial charge in [0.25, 0.3) is 0 Å². The number of carbonyl (C=O) groups is 1. The van der Waals surface area contributed by atoms with Crippen molar-refractivity contribution in [1.29, 1.82) is 0 Å². The van der Waals surface area contributed by atoms with Gasteiger partial charge in [-0.1, -0.05) is 24.3 Å². The third kappa shape index (κ3) is 3.75. The fourth-order valence-corrected chi connectivity index (χ4v) is 1.74. The highest BCUT2D eigenvalue weighted by Gasteiger charge is 2.28. The van der Waals surface area contributed by atoms with Gasteiger partial charge in [0.1, 0.15) is 12.4 Å². The maximum absolute atomic E-state index is 11.0. The van der Waals surface area contributed by atoms with Crippen molar-refractivity contribution in [2.45, 2.75) is 13.8 Å². The summed E-state index contributed by atoms with van der Waals surface area (Å²) < 4.78 is 5.54. The molecule has 0 unspecified atom stereocenters. The second-order valence-electron chi connectivity index (χ2n) is 5.62. The molecule has 0 aliphatic carbocycles. The minimum absolute atomic E-state index is 0.129. The number of carboxylic acid groups (broad SMARTS) is 1. The van der Waals surface area contributed by atoms with Crippen LogP contribution in [0.5, 0.6) is 5.75 Å². The number of rotatable bonds is 5. The number of ether oxygens (including phenoxy) is 1. The molecule has 4 nitrogen and oxygen atoms in total. The molecular formula is C17H19NO3. The first kappa shape index (κ1) is 14.9. The number of carboxylic acids is 1. The van der Waals surface area contributed by atoms with E-state index < -0.39 is 11.4 Å². The third-order valence-electron chi connectivity index (χ3n) is 3.28. The van der Waals surface area contributed by atoms with Gasteiger partial charge in [-0.05, 0) is 49.2 Å². The van der Waals surface area contributed by atoms with E-state index in [-0.39, 0.29) is 6.61 Å². The first-order valence-corrected chi connectivity index (χ1v) is 6.71. The average Bonchev–Trinajstić information content (AvgIpc) is 2.46. The van der Waals surface area contributed by atoms with E-state index >= 15 is 0 Å². The second kappa shape index (κ2) is 5.87. The van der Waals surface area contributed by atoms with Crippen molar-refractivity contribution in [2.24, 2.45) is 5.41 Å². The van der Waals surface area contributed by atoms with Crippen molar-refractivity contribution >= 4 is 11.7 Å². The van der Waals surface area contributed by atoms with Crippen LogP contribution in [0.1, 0.15) is 13.8 Å². The normalized spacial score (nSPS) is 11.1. The second-order valence-corrected chi connectivity index (χ2v) is 5.62. The smallest absolute Gasteiger partial charge is 0.312 e. The minimum Gasteiger partial charge on any atom is -0.492 e. The predicted molar refractivity (Wildman–Crippen MR) is 83.2 cm³/mol. The molecule has 21 heavy (non-hydrogen) atoms. The van der Waals surface area contributed by atoms with Crippen molar-refractivity contribution in [2.75, 3.05) is 12.3 Å². The number of anilines is 1. The van der Waals surface area contributed by atoms with Gasteiger partial charge < -0.3 is 15.6 Å². The van der Waals surface area contributed by atoms with Gasteiger partial charge in [0.2, 0.25) is 0 Å². The van der Waals surface area contributed by atoms with Gasteiger partial charge in [-0.3, -0.25) is 4.79 Å². The van der Waals surface area contributed by atoms with Crippen molar-refractivity contribution < 1.29 is 14.6 Å². The number of nitrogen functional groups attached to an aromatic ring is 1. The summed E-state index contributed by atoms with van der Waals surface area (Å²) in [6.07, 6.45) is 0. The minimum atomic E-state index is -0.907. The van der Waals surface area contributed by atoms with E-state index in [9.17, 15) is 4.79 Å². The first-order valence-electron chi connectivity index (χ1n) is 6.71. The molecule has 2 aromatic rings. The molecule has 2 aromatic carbocycles. The fraction of sp³-hybridized carbons (Fsp3) is 0.235. The number of hydrogen-bond donors (Lipinski definition) is 2. The molecule has 0 atom stereocenters. The van der Waals surface area contributed by atoms with Gasteiger partial charge in [-0.2, -0.15) is 0 Å². The maximum atomic E-state index is 11.0. The topological polar surface area (TPSA) is 72.5 Å². The monoisotopic (exact) mass is 285 g/mol. The van der Waals surface area contributed by atoms with Crippen LogP contribution in [-0.4, -0.2) is 17.7 Å². The SMILES string of the molecule is CC(C)(COc1ccc(-c2ccc(N)cc2)cc1)C(=O)O. The molecule has 110 valence electrons. The quantitative estimate of drug-likeness (QED) is 0.825. The zero-order chi connectivity index (χ0) is 15.5.